The Morgan fingerprint density at radius 1 is 1.71 bits per heavy atom. The predicted molar refractivity (Wildman–Crippen MR) is 52.2 cm³/mol. The molecule has 1 heterocycles. The average molecular weight is 216 g/mol. The van der Waals surface area contributed by atoms with Crippen LogP contribution < -0.4 is 0 Å². The van der Waals surface area contributed by atoms with Crippen molar-refractivity contribution in [1.82, 2.24) is 0 Å². The summed E-state index contributed by atoms with van der Waals surface area (Å²) in [4.78, 5) is 26.2. The second kappa shape index (κ2) is 4.37. The number of carbonyl (C=O) groups is 2. The molecule has 0 fully saturated rings. The minimum absolute atomic E-state index is 0.168. The Kier molecular flexibility index (Phi) is 3.41. The smallest absolute Gasteiger partial charge is 0.324 e. The van der Waals surface area contributed by atoms with Crippen LogP contribution in [-0.2, 0) is 14.3 Å². The van der Waals surface area contributed by atoms with Gasteiger partial charge in [0.2, 0.25) is 0 Å². The molecule has 1 unspecified atom stereocenters. The lowest BCUT2D eigenvalue weighted by molar-refractivity contribution is -0.149. The molecular weight excluding hydrogens is 206 g/mol. The van der Waals surface area contributed by atoms with Crippen molar-refractivity contribution in [3.63, 3.8) is 0 Å². The van der Waals surface area contributed by atoms with Gasteiger partial charge in [0, 0.05) is 10.7 Å². The number of nitrogens with zero attached hydrogens (tertiary/aromatic N) is 1. The second-order valence-corrected chi connectivity index (χ2v) is 3.24. The Bertz CT molecular complexity index is 333. The first-order chi connectivity index (χ1) is 6.56. The molecule has 0 N–H and O–H groups in total. The van der Waals surface area contributed by atoms with Gasteiger partial charge in [0.05, 0.1) is 6.61 Å². The highest BCUT2D eigenvalue weighted by Gasteiger charge is 2.33. The highest BCUT2D eigenvalue weighted by Crippen LogP contribution is 2.22. The molecule has 0 saturated heterocycles. The van der Waals surface area contributed by atoms with E-state index in [1.165, 1.54) is 6.08 Å². The van der Waals surface area contributed by atoms with E-state index in [1.54, 1.807) is 13.8 Å². The summed E-state index contributed by atoms with van der Waals surface area (Å²) in [6.07, 6.45) is 1.49. The van der Waals surface area contributed by atoms with Gasteiger partial charge in [-0.15, -0.1) is 0 Å². The zero-order valence-electron chi connectivity index (χ0n) is 7.91. The number of aliphatic imine (C=N–C) groups is 1. The quantitative estimate of drug-likeness (QED) is 0.515. The van der Waals surface area contributed by atoms with E-state index in [4.69, 9.17) is 16.3 Å². The fourth-order valence-electron chi connectivity index (χ4n) is 1.11. The summed E-state index contributed by atoms with van der Waals surface area (Å²) >= 11 is 5.76. The number of esters is 1. The Hall–Kier alpha value is -1.16. The summed E-state index contributed by atoms with van der Waals surface area (Å²) in [5, 5.41) is 0.168. The molecule has 0 saturated carbocycles. The van der Waals surface area contributed by atoms with Gasteiger partial charge in [0.15, 0.2) is 5.92 Å². The van der Waals surface area contributed by atoms with Crippen LogP contribution in [-0.4, -0.2) is 24.2 Å². The topological polar surface area (TPSA) is 55.7 Å². The first-order valence-electron chi connectivity index (χ1n) is 4.19. The average Bonchev–Trinajstić information content (AvgIpc) is 2.01. The van der Waals surface area contributed by atoms with Gasteiger partial charge in [0.1, 0.15) is 0 Å². The van der Waals surface area contributed by atoms with Crippen LogP contribution in [0.5, 0.6) is 0 Å². The lowest BCUT2D eigenvalue weighted by Crippen LogP contribution is -2.28. The summed E-state index contributed by atoms with van der Waals surface area (Å²) in [7, 11) is 0. The van der Waals surface area contributed by atoms with E-state index in [2.05, 4.69) is 4.99 Å². The van der Waals surface area contributed by atoms with E-state index < -0.39 is 17.8 Å². The van der Waals surface area contributed by atoms with Crippen molar-refractivity contribution in [2.75, 3.05) is 6.61 Å². The van der Waals surface area contributed by atoms with Gasteiger partial charge in [-0.05, 0) is 19.9 Å². The summed E-state index contributed by atoms with van der Waals surface area (Å²) in [6, 6.07) is 0. The zero-order valence-corrected chi connectivity index (χ0v) is 8.67. The number of dihydropyridines is 1. The number of allylic oxidation sites excluding steroid dienone is 1. The Morgan fingerprint density at radius 3 is 2.86 bits per heavy atom. The molecule has 76 valence electrons. The monoisotopic (exact) mass is 215 g/mol. The number of hydrogen-bond donors (Lipinski definition) is 0. The number of ether oxygens (including phenoxy) is 1. The molecule has 1 aliphatic rings. The fraction of sp³-hybridized carbons (Fsp3) is 0.444. The lowest BCUT2D eigenvalue weighted by atomic mass is 10.1. The van der Waals surface area contributed by atoms with Crippen molar-refractivity contribution in [3.8, 4) is 0 Å². The first kappa shape index (κ1) is 10.9. The maximum atomic E-state index is 11.3. The van der Waals surface area contributed by atoms with Crippen molar-refractivity contribution in [2.24, 2.45) is 10.9 Å². The van der Waals surface area contributed by atoms with Crippen molar-refractivity contribution in [2.45, 2.75) is 13.8 Å². The van der Waals surface area contributed by atoms with Gasteiger partial charge in [-0.25, -0.2) is 4.99 Å². The van der Waals surface area contributed by atoms with Crippen LogP contribution in [0, 0.1) is 5.92 Å². The molecule has 0 radical (unpaired) electrons. The molecule has 0 aromatic rings. The van der Waals surface area contributed by atoms with Crippen LogP contribution in [0.4, 0.5) is 0 Å². The molecule has 1 amide bonds. The molecule has 5 heteroatoms. The van der Waals surface area contributed by atoms with Crippen LogP contribution in [0.25, 0.3) is 0 Å². The molecule has 0 aromatic heterocycles. The highest BCUT2D eigenvalue weighted by molar-refractivity contribution is 6.36. The maximum Gasteiger partial charge on any atom is 0.324 e. The van der Waals surface area contributed by atoms with Crippen LogP contribution >= 0.6 is 11.6 Å². The van der Waals surface area contributed by atoms with Gasteiger partial charge in [0.25, 0.3) is 5.91 Å². The summed E-state index contributed by atoms with van der Waals surface area (Å²) in [6.45, 7) is 3.52. The van der Waals surface area contributed by atoms with Gasteiger partial charge >= 0.3 is 5.97 Å². The van der Waals surface area contributed by atoms with Crippen molar-refractivity contribution >= 4 is 29.2 Å². The molecular formula is C9H10ClNO3. The molecule has 1 rings (SSSR count). The van der Waals surface area contributed by atoms with Crippen LogP contribution in [0.15, 0.2) is 16.1 Å². The molecule has 0 spiro atoms. The number of hydrogen-bond acceptors (Lipinski definition) is 3. The zero-order chi connectivity index (χ0) is 10.7. The maximum absolute atomic E-state index is 11.3. The molecule has 0 aromatic carbocycles. The summed E-state index contributed by atoms with van der Waals surface area (Å²) < 4.78 is 4.70. The van der Waals surface area contributed by atoms with Crippen LogP contribution in [0.3, 0.4) is 0 Å². The van der Waals surface area contributed by atoms with E-state index in [-0.39, 0.29) is 11.6 Å². The molecule has 14 heavy (non-hydrogen) atoms. The van der Waals surface area contributed by atoms with Crippen molar-refractivity contribution < 1.29 is 14.3 Å². The van der Waals surface area contributed by atoms with Gasteiger partial charge in [-0.3, -0.25) is 9.59 Å². The standard InChI is InChI=1S/C9H10ClNO3/c1-3-14-9(13)7-6(10)4-5(2)11-8(7)12/h4,7H,3H2,1-2H3. The third-order valence-corrected chi connectivity index (χ3v) is 2.01. The highest BCUT2D eigenvalue weighted by atomic mass is 35.5. The third-order valence-electron chi connectivity index (χ3n) is 1.68. The van der Waals surface area contributed by atoms with E-state index in [9.17, 15) is 9.59 Å². The Labute approximate surface area is 86.6 Å². The fourth-order valence-corrected chi connectivity index (χ4v) is 1.45. The molecule has 0 aliphatic carbocycles. The number of rotatable bonds is 2. The summed E-state index contributed by atoms with van der Waals surface area (Å²) in [5.74, 6) is -2.27. The van der Waals surface area contributed by atoms with E-state index in [0.717, 1.165) is 0 Å². The van der Waals surface area contributed by atoms with Gasteiger partial charge < -0.3 is 4.74 Å². The number of carbonyl (C=O) groups excluding carboxylic acids is 2. The van der Waals surface area contributed by atoms with Crippen molar-refractivity contribution in [3.05, 3.63) is 11.1 Å². The minimum atomic E-state index is -1.07. The van der Waals surface area contributed by atoms with E-state index in [1.807, 2.05) is 0 Å². The van der Waals surface area contributed by atoms with Crippen molar-refractivity contribution in [1.29, 1.82) is 0 Å². The van der Waals surface area contributed by atoms with Gasteiger partial charge in [-0.2, -0.15) is 0 Å². The van der Waals surface area contributed by atoms with Crippen LogP contribution in [0.1, 0.15) is 13.8 Å². The Balaban J connectivity index is 2.87. The normalized spacial score (nSPS) is 21.4. The Morgan fingerprint density at radius 2 is 2.36 bits per heavy atom. The summed E-state index contributed by atoms with van der Waals surface area (Å²) in [5.41, 5.74) is 0.501. The third kappa shape index (κ3) is 2.20. The minimum Gasteiger partial charge on any atom is -0.465 e. The second-order valence-electron chi connectivity index (χ2n) is 2.81. The molecule has 1 atom stereocenters. The van der Waals surface area contributed by atoms with Crippen LogP contribution in [0.2, 0.25) is 0 Å². The van der Waals surface area contributed by atoms with E-state index in [0.29, 0.717) is 5.71 Å². The largest absolute Gasteiger partial charge is 0.465 e. The molecule has 4 nitrogen and oxygen atoms in total. The number of halogens is 1. The molecule has 0 bridgehead atoms. The van der Waals surface area contributed by atoms with E-state index >= 15 is 0 Å². The lowest BCUT2D eigenvalue weighted by Gasteiger charge is -2.14. The predicted octanol–water partition coefficient (Wildman–Crippen LogP) is 1.29. The SMILES string of the molecule is CCOC(=O)C1C(=O)N=C(C)C=C1Cl. The molecule has 1 aliphatic heterocycles. The first-order valence-corrected chi connectivity index (χ1v) is 4.57. The van der Waals surface area contributed by atoms with Gasteiger partial charge in [-0.1, -0.05) is 11.6 Å². The number of amides is 1.